The molecule has 0 N–H and O–H groups in total. The van der Waals surface area contributed by atoms with Crippen LogP contribution < -0.4 is 4.74 Å². The van der Waals surface area contributed by atoms with Gasteiger partial charge >= 0.3 is 0 Å². The lowest BCUT2D eigenvalue weighted by Crippen LogP contribution is -2.49. The number of methoxy groups -OCH3 is 1. The van der Waals surface area contributed by atoms with Gasteiger partial charge in [0.15, 0.2) is 0 Å². The fraction of sp³-hybridized carbons (Fsp3) is 0.562. The lowest BCUT2D eigenvalue weighted by Gasteiger charge is -2.34. The number of carbonyl (C=O) groups is 1. The van der Waals surface area contributed by atoms with E-state index in [1.54, 1.807) is 7.11 Å². The van der Waals surface area contributed by atoms with Gasteiger partial charge in [-0.2, -0.15) is 0 Å². The van der Waals surface area contributed by atoms with Crippen molar-refractivity contribution in [3.63, 3.8) is 0 Å². The van der Waals surface area contributed by atoms with Crippen LogP contribution in [-0.4, -0.2) is 68.8 Å². The quantitative estimate of drug-likeness (QED) is 0.709. The van der Waals surface area contributed by atoms with E-state index in [4.69, 9.17) is 9.47 Å². The molecule has 2 rings (SSSR count). The van der Waals surface area contributed by atoms with E-state index < -0.39 is 0 Å². The van der Waals surface area contributed by atoms with E-state index in [1.807, 2.05) is 35.2 Å². The largest absolute Gasteiger partial charge is 0.494 e. The van der Waals surface area contributed by atoms with Crippen LogP contribution in [0.2, 0.25) is 0 Å². The zero-order valence-electron chi connectivity index (χ0n) is 12.7. The third kappa shape index (κ3) is 5.36. The Bertz CT molecular complexity index is 417. The summed E-state index contributed by atoms with van der Waals surface area (Å²) in [4.78, 5) is 15.9. The number of rotatable bonds is 7. The number of hydrogen-bond donors (Lipinski definition) is 0. The van der Waals surface area contributed by atoms with Crippen LogP contribution in [0.15, 0.2) is 30.3 Å². The Balaban J connectivity index is 1.58. The van der Waals surface area contributed by atoms with E-state index >= 15 is 0 Å². The van der Waals surface area contributed by atoms with Gasteiger partial charge in [-0.15, -0.1) is 0 Å². The topological polar surface area (TPSA) is 42.0 Å². The molecule has 1 fully saturated rings. The van der Waals surface area contributed by atoms with E-state index in [1.165, 1.54) is 0 Å². The minimum Gasteiger partial charge on any atom is -0.494 e. The summed E-state index contributed by atoms with van der Waals surface area (Å²) in [7, 11) is 1.56. The van der Waals surface area contributed by atoms with E-state index in [0.29, 0.717) is 0 Å². The molecule has 0 aromatic heterocycles. The molecule has 1 aromatic carbocycles. The molecule has 0 unspecified atom stereocenters. The molecule has 1 aliphatic heterocycles. The van der Waals surface area contributed by atoms with Gasteiger partial charge in [0.2, 0.25) is 5.91 Å². The third-order valence-corrected chi connectivity index (χ3v) is 3.62. The van der Waals surface area contributed by atoms with Gasteiger partial charge < -0.3 is 14.4 Å². The molecule has 5 nitrogen and oxygen atoms in total. The molecule has 1 heterocycles. The van der Waals surface area contributed by atoms with Gasteiger partial charge in [-0.1, -0.05) is 18.2 Å². The number of benzene rings is 1. The molecule has 1 amide bonds. The molecule has 1 aromatic rings. The molecule has 0 aliphatic carbocycles. The summed E-state index contributed by atoms with van der Waals surface area (Å²) in [5, 5.41) is 0. The highest BCUT2D eigenvalue weighted by atomic mass is 16.5. The molecule has 0 bridgehead atoms. The Morgan fingerprint density at radius 1 is 1.14 bits per heavy atom. The summed E-state index contributed by atoms with van der Waals surface area (Å²) in [5.41, 5.74) is 0. The van der Waals surface area contributed by atoms with E-state index in [9.17, 15) is 4.79 Å². The fourth-order valence-corrected chi connectivity index (χ4v) is 2.43. The number of nitrogens with zero attached hydrogens (tertiary/aromatic N) is 2. The van der Waals surface area contributed by atoms with Crippen molar-refractivity contribution in [3.8, 4) is 5.75 Å². The molecule has 1 aliphatic rings. The second kappa shape index (κ2) is 8.64. The van der Waals surface area contributed by atoms with Crippen LogP contribution in [0, 0.1) is 0 Å². The van der Waals surface area contributed by atoms with Gasteiger partial charge in [-0.3, -0.25) is 9.69 Å². The highest BCUT2D eigenvalue weighted by Gasteiger charge is 2.20. The van der Waals surface area contributed by atoms with Gasteiger partial charge in [0.05, 0.1) is 6.61 Å². The Morgan fingerprint density at radius 2 is 1.86 bits per heavy atom. The molecule has 1 saturated heterocycles. The van der Waals surface area contributed by atoms with Crippen LogP contribution in [0.5, 0.6) is 5.75 Å². The molecular weight excluding hydrogens is 268 g/mol. The molecule has 0 radical (unpaired) electrons. The smallest absolute Gasteiger partial charge is 0.248 e. The van der Waals surface area contributed by atoms with Crippen molar-refractivity contribution < 1.29 is 14.3 Å². The van der Waals surface area contributed by atoms with Gasteiger partial charge in [0.25, 0.3) is 0 Å². The SMILES string of the molecule is COCC(=O)N1CCN(CCCOc2ccccc2)CC1. The average molecular weight is 292 g/mol. The number of hydrogen-bond acceptors (Lipinski definition) is 4. The minimum absolute atomic E-state index is 0.0876. The molecule has 0 saturated carbocycles. The highest BCUT2D eigenvalue weighted by molar-refractivity contribution is 5.77. The normalized spacial score (nSPS) is 16.0. The first-order valence-corrected chi connectivity index (χ1v) is 7.46. The lowest BCUT2D eigenvalue weighted by molar-refractivity contribution is -0.136. The summed E-state index contributed by atoms with van der Waals surface area (Å²) in [5.74, 6) is 1.01. The summed E-state index contributed by atoms with van der Waals surface area (Å²) < 4.78 is 10.6. The molecule has 5 heteroatoms. The Hall–Kier alpha value is -1.59. The van der Waals surface area contributed by atoms with Crippen LogP contribution in [0.4, 0.5) is 0 Å². The minimum atomic E-state index is 0.0876. The van der Waals surface area contributed by atoms with Crippen LogP contribution in [0.25, 0.3) is 0 Å². The number of carbonyl (C=O) groups excluding carboxylic acids is 1. The Kier molecular flexibility index (Phi) is 6.50. The second-order valence-corrected chi connectivity index (χ2v) is 5.17. The van der Waals surface area contributed by atoms with Gasteiger partial charge in [-0.05, 0) is 18.6 Å². The summed E-state index contributed by atoms with van der Waals surface area (Å²) in [6.07, 6.45) is 1.00. The summed E-state index contributed by atoms with van der Waals surface area (Å²) >= 11 is 0. The first kappa shape index (κ1) is 15.8. The Morgan fingerprint density at radius 3 is 2.52 bits per heavy atom. The van der Waals surface area contributed by atoms with E-state index in [2.05, 4.69) is 4.90 Å². The maximum Gasteiger partial charge on any atom is 0.248 e. The first-order valence-electron chi connectivity index (χ1n) is 7.46. The predicted molar refractivity (Wildman–Crippen MR) is 81.5 cm³/mol. The maximum absolute atomic E-state index is 11.7. The molecule has 0 spiro atoms. The van der Waals surface area contributed by atoms with Crippen LogP contribution >= 0.6 is 0 Å². The standard InChI is InChI=1S/C16H24N2O3/c1-20-14-16(19)18-11-9-17(10-12-18)8-5-13-21-15-6-3-2-4-7-15/h2-4,6-7H,5,8-14H2,1H3. The van der Waals surface area contributed by atoms with Gasteiger partial charge in [-0.25, -0.2) is 0 Å². The zero-order valence-corrected chi connectivity index (χ0v) is 12.7. The predicted octanol–water partition coefficient (Wildman–Crippen LogP) is 1.25. The van der Waals surface area contributed by atoms with Crippen molar-refractivity contribution in [2.24, 2.45) is 0 Å². The molecular formula is C16H24N2O3. The van der Waals surface area contributed by atoms with Crippen molar-refractivity contribution in [1.29, 1.82) is 0 Å². The van der Waals surface area contributed by atoms with Crippen LogP contribution in [0.3, 0.4) is 0 Å². The molecule has 21 heavy (non-hydrogen) atoms. The maximum atomic E-state index is 11.7. The number of ether oxygens (including phenoxy) is 2. The monoisotopic (exact) mass is 292 g/mol. The second-order valence-electron chi connectivity index (χ2n) is 5.17. The van der Waals surface area contributed by atoms with Gasteiger partial charge in [0, 0.05) is 39.8 Å². The highest BCUT2D eigenvalue weighted by Crippen LogP contribution is 2.09. The molecule has 0 atom stereocenters. The molecule has 116 valence electrons. The van der Waals surface area contributed by atoms with E-state index in [-0.39, 0.29) is 12.5 Å². The van der Waals surface area contributed by atoms with Crippen molar-refractivity contribution in [2.45, 2.75) is 6.42 Å². The average Bonchev–Trinajstić information content (AvgIpc) is 2.53. The lowest BCUT2D eigenvalue weighted by atomic mass is 10.3. The van der Waals surface area contributed by atoms with Crippen LogP contribution in [0.1, 0.15) is 6.42 Å². The number of amides is 1. The summed E-state index contributed by atoms with van der Waals surface area (Å²) in [6, 6.07) is 9.88. The van der Waals surface area contributed by atoms with Crippen molar-refractivity contribution in [2.75, 3.05) is 53.0 Å². The van der Waals surface area contributed by atoms with Crippen LogP contribution in [-0.2, 0) is 9.53 Å². The summed E-state index contributed by atoms with van der Waals surface area (Å²) in [6.45, 7) is 5.38. The number of para-hydroxylation sites is 1. The van der Waals surface area contributed by atoms with Crippen molar-refractivity contribution in [3.05, 3.63) is 30.3 Å². The fourth-order valence-electron chi connectivity index (χ4n) is 2.43. The third-order valence-electron chi connectivity index (χ3n) is 3.62. The van der Waals surface area contributed by atoms with E-state index in [0.717, 1.165) is 51.5 Å². The first-order chi connectivity index (χ1) is 10.3. The van der Waals surface area contributed by atoms with Crippen molar-refractivity contribution in [1.82, 2.24) is 9.80 Å². The number of piperazine rings is 1. The van der Waals surface area contributed by atoms with Gasteiger partial charge in [0.1, 0.15) is 12.4 Å². The zero-order chi connectivity index (χ0) is 14.9. The Labute approximate surface area is 126 Å². The van der Waals surface area contributed by atoms with Crippen molar-refractivity contribution >= 4 is 5.91 Å².